The number of nitrogens with two attached hydrogens (primary N) is 1. The second-order valence-corrected chi connectivity index (χ2v) is 4.54. The Bertz CT molecular complexity index is 372. The molecule has 1 amide bonds. The number of pyridine rings is 1. The van der Waals surface area contributed by atoms with Crippen LogP contribution in [0.1, 0.15) is 26.3 Å². The Morgan fingerprint density at radius 2 is 2.25 bits per heavy atom. The number of anilines is 1. The first-order valence-corrected chi connectivity index (χ1v) is 5.02. The summed E-state index contributed by atoms with van der Waals surface area (Å²) in [5, 5.41) is 2.70. The van der Waals surface area contributed by atoms with Gasteiger partial charge in [0, 0.05) is 11.7 Å². The Labute approximate surface area is 95.0 Å². The molecule has 1 rings (SSSR count). The molecular weight excluding hydrogens is 206 g/mol. The Kier molecular flexibility index (Phi) is 3.71. The number of ether oxygens (including phenoxy) is 1. The van der Waals surface area contributed by atoms with Crippen LogP contribution in [0.15, 0.2) is 18.3 Å². The van der Waals surface area contributed by atoms with E-state index in [1.165, 1.54) is 0 Å². The Hall–Kier alpha value is -1.78. The lowest BCUT2D eigenvalue weighted by molar-refractivity contribution is 0.131. The molecule has 88 valence electrons. The molecule has 0 saturated heterocycles. The first-order valence-electron chi connectivity index (χ1n) is 5.02. The number of hydrogen-bond donors (Lipinski definition) is 2. The van der Waals surface area contributed by atoms with Crippen molar-refractivity contribution in [1.29, 1.82) is 0 Å². The number of amides is 1. The summed E-state index contributed by atoms with van der Waals surface area (Å²) < 4.78 is 5.03. The summed E-state index contributed by atoms with van der Waals surface area (Å²) in [6, 6.07) is 3.42. The van der Waals surface area contributed by atoms with Crippen molar-refractivity contribution >= 4 is 11.9 Å². The molecule has 5 heteroatoms. The third-order valence-corrected chi connectivity index (χ3v) is 1.69. The Morgan fingerprint density at radius 1 is 1.56 bits per heavy atom. The van der Waals surface area contributed by atoms with Gasteiger partial charge in [0.05, 0.1) is 0 Å². The number of carbonyl (C=O) groups excluding carboxylic acids is 1. The summed E-state index contributed by atoms with van der Waals surface area (Å²) >= 11 is 0. The van der Waals surface area contributed by atoms with E-state index in [0.29, 0.717) is 5.82 Å². The van der Waals surface area contributed by atoms with Crippen LogP contribution in [0.25, 0.3) is 0 Å². The zero-order chi connectivity index (χ0) is 12.2. The van der Waals surface area contributed by atoms with Crippen LogP contribution in [0.2, 0.25) is 0 Å². The number of hydrogen-bond acceptors (Lipinski definition) is 4. The van der Waals surface area contributed by atoms with Crippen LogP contribution in [0.4, 0.5) is 10.6 Å². The highest BCUT2D eigenvalue weighted by Crippen LogP contribution is 2.05. The zero-order valence-corrected chi connectivity index (χ0v) is 9.78. The van der Waals surface area contributed by atoms with Gasteiger partial charge in [0.25, 0.3) is 0 Å². The lowest BCUT2D eigenvalue weighted by Crippen LogP contribution is -2.40. The van der Waals surface area contributed by atoms with Crippen molar-refractivity contribution in [2.75, 3.05) is 5.73 Å². The lowest BCUT2D eigenvalue weighted by Gasteiger charge is -2.19. The van der Waals surface area contributed by atoms with Gasteiger partial charge in [-0.15, -0.1) is 0 Å². The van der Waals surface area contributed by atoms with Crippen molar-refractivity contribution in [3.05, 3.63) is 23.9 Å². The van der Waals surface area contributed by atoms with E-state index in [0.717, 1.165) is 5.56 Å². The van der Waals surface area contributed by atoms with Crippen LogP contribution in [-0.2, 0) is 11.3 Å². The highest BCUT2D eigenvalue weighted by atomic mass is 16.5. The van der Waals surface area contributed by atoms with Gasteiger partial charge in [0.15, 0.2) is 0 Å². The summed E-state index contributed by atoms with van der Waals surface area (Å²) in [5.41, 5.74) is 6.02. The van der Waals surface area contributed by atoms with Crippen LogP contribution in [0.5, 0.6) is 0 Å². The minimum Gasteiger partial charge on any atom is -0.445 e. The maximum absolute atomic E-state index is 11.3. The van der Waals surface area contributed by atoms with Crippen molar-refractivity contribution in [3.8, 4) is 0 Å². The average molecular weight is 223 g/mol. The minimum atomic E-state index is -0.442. The van der Waals surface area contributed by atoms with Gasteiger partial charge >= 0.3 is 6.09 Å². The van der Waals surface area contributed by atoms with Crippen LogP contribution in [-0.4, -0.2) is 16.6 Å². The molecule has 3 N–H and O–H groups in total. The first kappa shape index (κ1) is 12.3. The molecule has 0 bridgehead atoms. The van der Waals surface area contributed by atoms with Gasteiger partial charge < -0.3 is 15.8 Å². The monoisotopic (exact) mass is 223 g/mol. The molecule has 1 heterocycles. The standard InChI is InChI=1S/C11H17N3O2/c1-11(2,3)14-10(15)16-7-8-4-5-13-9(12)6-8/h4-6H,7H2,1-3H3,(H2,12,13)(H,14,15). The molecular formula is C11H17N3O2. The number of rotatable bonds is 2. The smallest absolute Gasteiger partial charge is 0.407 e. The molecule has 0 aliphatic heterocycles. The molecule has 0 saturated carbocycles. The number of nitrogen functional groups attached to an aromatic ring is 1. The van der Waals surface area contributed by atoms with Gasteiger partial charge in [-0.1, -0.05) is 0 Å². The molecule has 0 radical (unpaired) electrons. The van der Waals surface area contributed by atoms with E-state index in [1.807, 2.05) is 20.8 Å². The second kappa shape index (κ2) is 4.83. The van der Waals surface area contributed by atoms with Crippen LogP contribution in [0.3, 0.4) is 0 Å². The molecule has 0 spiro atoms. The average Bonchev–Trinajstić information content (AvgIpc) is 2.12. The summed E-state index contributed by atoms with van der Waals surface area (Å²) in [6.07, 6.45) is 1.14. The Morgan fingerprint density at radius 3 is 2.81 bits per heavy atom. The molecule has 0 fully saturated rings. The van der Waals surface area contributed by atoms with E-state index in [1.54, 1.807) is 18.3 Å². The first-order chi connectivity index (χ1) is 7.37. The molecule has 0 aliphatic rings. The normalized spacial score (nSPS) is 10.9. The van der Waals surface area contributed by atoms with Gasteiger partial charge in [-0.25, -0.2) is 9.78 Å². The van der Waals surface area contributed by atoms with Crippen molar-refractivity contribution in [2.24, 2.45) is 0 Å². The SMILES string of the molecule is CC(C)(C)NC(=O)OCc1ccnc(N)c1. The van der Waals surface area contributed by atoms with Crippen molar-refractivity contribution in [2.45, 2.75) is 32.9 Å². The van der Waals surface area contributed by atoms with Crippen LogP contribution in [0, 0.1) is 0 Å². The maximum atomic E-state index is 11.3. The van der Waals surface area contributed by atoms with Crippen LogP contribution < -0.4 is 11.1 Å². The topological polar surface area (TPSA) is 77.2 Å². The third kappa shape index (κ3) is 4.63. The molecule has 0 aromatic carbocycles. The molecule has 16 heavy (non-hydrogen) atoms. The molecule has 1 aromatic rings. The summed E-state index contributed by atoms with van der Waals surface area (Å²) in [5.74, 6) is 0.414. The second-order valence-electron chi connectivity index (χ2n) is 4.54. The fraction of sp³-hybridized carbons (Fsp3) is 0.455. The molecule has 1 aromatic heterocycles. The Balaban J connectivity index is 2.43. The predicted octanol–water partition coefficient (Wildman–Crippen LogP) is 1.69. The predicted molar refractivity (Wildman–Crippen MR) is 61.7 cm³/mol. The van der Waals surface area contributed by atoms with Gasteiger partial charge in [0.1, 0.15) is 12.4 Å². The van der Waals surface area contributed by atoms with Gasteiger partial charge in [0.2, 0.25) is 0 Å². The van der Waals surface area contributed by atoms with Crippen molar-refractivity contribution in [1.82, 2.24) is 10.3 Å². The fourth-order valence-corrected chi connectivity index (χ4v) is 1.08. The third-order valence-electron chi connectivity index (χ3n) is 1.69. The van der Waals surface area contributed by atoms with E-state index >= 15 is 0 Å². The largest absolute Gasteiger partial charge is 0.445 e. The van der Waals surface area contributed by atoms with Crippen molar-refractivity contribution in [3.63, 3.8) is 0 Å². The molecule has 5 nitrogen and oxygen atoms in total. The molecule has 0 unspecified atom stereocenters. The quantitative estimate of drug-likeness (QED) is 0.799. The molecule has 0 atom stereocenters. The van der Waals surface area contributed by atoms with E-state index in [4.69, 9.17) is 10.5 Å². The van der Waals surface area contributed by atoms with Gasteiger partial charge in [-0.2, -0.15) is 0 Å². The number of alkyl carbamates (subject to hydrolysis) is 1. The van der Waals surface area contributed by atoms with Gasteiger partial charge in [-0.05, 0) is 38.5 Å². The van der Waals surface area contributed by atoms with Gasteiger partial charge in [-0.3, -0.25) is 0 Å². The van der Waals surface area contributed by atoms with E-state index in [9.17, 15) is 4.79 Å². The van der Waals surface area contributed by atoms with E-state index in [-0.39, 0.29) is 12.1 Å². The van der Waals surface area contributed by atoms with E-state index in [2.05, 4.69) is 10.3 Å². The highest BCUT2D eigenvalue weighted by molar-refractivity contribution is 5.68. The van der Waals surface area contributed by atoms with E-state index < -0.39 is 6.09 Å². The highest BCUT2D eigenvalue weighted by Gasteiger charge is 2.14. The summed E-state index contributed by atoms with van der Waals surface area (Å²) in [7, 11) is 0. The summed E-state index contributed by atoms with van der Waals surface area (Å²) in [4.78, 5) is 15.2. The molecule has 0 aliphatic carbocycles. The number of nitrogens with one attached hydrogen (secondary N) is 1. The zero-order valence-electron chi connectivity index (χ0n) is 9.78. The minimum absolute atomic E-state index is 0.189. The number of aromatic nitrogens is 1. The maximum Gasteiger partial charge on any atom is 0.407 e. The van der Waals surface area contributed by atoms with Crippen molar-refractivity contribution < 1.29 is 9.53 Å². The number of carbonyl (C=O) groups is 1. The number of nitrogens with zero attached hydrogens (tertiary/aromatic N) is 1. The summed E-state index contributed by atoms with van der Waals surface area (Å²) in [6.45, 7) is 5.85. The fourth-order valence-electron chi connectivity index (χ4n) is 1.08. The lowest BCUT2D eigenvalue weighted by atomic mass is 10.1. The van der Waals surface area contributed by atoms with Crippen LogP contribution >= 0.6 is 0 Å².